The van der Waals surface area contributed by atoms with Gasteiger partial charge in [0.15, 0.2) is 5.78 Å². The van der Waals surface area contributed by atoms with Gasteiger partial charge >= 0.3 is 0 Å². The zero-order valence-corrected chi connectivity index (χ0v) is 9.29. The van der Waals surface area contributed by atoms with Crippen molar-refractivity contribution in [3.63, 3.8) is 0 Å². The lowest BCUT2D eigenvalue weighted by Crippen LogP contribution is -2.17. The molecule has 0 spiro atoms. The average Bonchev–Trinajstić information content (AvgIpc) is 2.25. The summed E-state index contributed by atoms with van der Waals surface area (Å²) in [6.07, 6.45) is 0. The zero-order chi connectivity index (χ0) is 11.1. The number of benzene rings is 1. The highest BCUT2D eigenvalue weighted by atomic mass is 35.5. The Bertz CT molecular complexity index is 308. The summed E-state index contributed by atoms with van der Waals surface area (Å²) in [6.45, 7) is 2.51. The highest BCUT2D eigenvalue weighted by Gasteiger charge is 2.02. The maximum Gasteiger partial charge on any atom is 0.195 e. The van der Waals surface area contributed by atoms with E-state index in [-0.39, 0.29) is 19.0 Å². The van der Waals surface area contributed by atoms with Crippen molar-refractivity contribution in [3.8, 4) is 5.75 Å². The van der Waals surface area contributed by atoms with Crippen LogP contribution in [0.2, 0.25) is 5.02 Å². The molecule has 3 nitrogen and oxygen atoms in total. The summed E-state index contributed by atoms with van der Waals surface area (Å²) in [5, 5.41) is 0.642. The van der Waals surface area contributed by atoms with Gasteiger partial charge in [0.1, 0.15) is 19.0 Å². The van der Waals surface area contributed by atoms with Gasteiger partial charge in [-0.1, -0.05) is 11.6 Å². The Balaban J connectivity index is 2.30. The molecule has 0 aliphatic heterocycles. The van der Waals surface area contributed by atoms with Crippen LogP contribution in [0.5, 0.6) is 5.75 Å². The molecular formula is C11H13ClO3. The number of rotatable bonds is 6. The second-order valence-corrected chi connectivity index (χ2v) is 3.35. The molecule has 0 aliphatic carbocycles. The van der Waals surface area contributed by atoms with Crippen LogP contribution in [0.25, 0.3) is 0 Å². The molecule has 0 heterocycles. The molecule has 0 unspecified atom stereocenters. The summed E-state index contributed by atoms with van der Waals surface area (Å²) < 4.78 is 10.2. The first-order valence-electron chi connectivity index (χ1n) is 4.70. The molecule has 0 fully saturated rings. The third kappa shape index (κ3) is 4.81. The second kappa shape index (κ2) is 6.43. The minimum absolute atomic E-state index is 0.0294. The molecule has 1 rings (SSSR count). The zero-order valence-electron chi connectivity index (χ0n) is 8.53. The summed E-state index contributed by atoms with van der Waals surface area (Å²) in [7, 11) is 0. The van der Waals surface area contributed by atoms with E-state index in [1.54, 1.807) is 24.3 Å². The fraction of sp³-hybridized carbons (Fsp3) is 0.364. The van der Waals surface area contributed by atoms with Crippen molar-refractivity contribution in [2.75, 3.05) is 19.8 Å². The van der Waals surface area contributed by atoms with Crippen LogP contribution in [0.3, 0.4) is 0 Å². The summed E-state index contributed by atoms with van der Waals surface area (Å²) in [5.41, 5.74) is 0. The van der Waals surface area contributed by atoms with E-state index in [9.17, 15) is 4.79 Å². The van der Waals surface area contributed by atoms with Crippen LogP contribution in [-0.4, -0.2) is 25.6 Å². The average molecular weight is 229 g/mol. The fourth-order valence-corrected chi connectivity index (χ4v) is 1.08. The number of carbonyl (C=O) groups is 1. The fourth-order valence-electron chi connectivity index (χ4n) is 0.952. The molecule has 0 bridgehead atoms. The van der Waals surface area contributed by atoms with Gasteiger partial charge in [-0.25, -0.2) is 0 Å². The first kappa shape index (κ1) is 12.0. The number of Topliss-reactive ketones (excluding diaryl/α,β-unsaturated/α-hetero) is 1. The van der Waals surface area contributed by atoms with Crippen LogP contribution in [0.1, 0.15) is 6.92 Å². The van der Waals surface area contributed by atoms with Crippen molar-refractivity contribution in [2.24, 2.45) is 0 Å². The van der Waals surface area contributed by atoms with Crippen molar-refractivity contribution in [3.05, 3.63) is 29.3 Å². The molecule has 0 saturated carbocycles. The summed E-state index contributed by atoms with van der Waals surface area (Å²) in [5.74, 6) is 0.552. The predicted octanol–water partition coefficient (Wildman–Crippen LogP) is 2.32. The smallest absolute Gasteiger partial charge is 0.195 e. The largest absolute Gasteiger partial charge is 0.486 e. The van der Waals surface area contributed by atoms with Gasteiger partial charge in [-0.05, 0) is 31.2 Å². The van der Waals surface area contributed by atoms with E-state index >= 15 is 0 Å². The van der Waals surface area contributed by atoms with Crippen LogP contribution in [0.15, 0.2) is 24.3 Å². The Hall–Kier alpha value is -1.06. The van der Waals surface area contributed by atoms with Crippen molar-refractivity contribution < 1.29 is 14.3 Å². The lowest BCUT2D eigenvalue weighted by atomic mass is 10.3. The van der Waals surface area contributed by atoms with E-state index in [1.807, 2.05) is 6.92 Å². The molecule has 82 valence electrons. The van der Waals surface area contributed by atoms with Gasteiger partial charge in [0.2, 0.25) is 0 Å². The topological polar surface area (TPSA) is 35.5 Å². The Morgan fingerprint density at radius 1 is 1.27 bits per heavy atom. The van der Waals surface area contributed by atoms with Crippen LogP contribution >= 0.6 is 11.6 Å². The number of halogens is 1. The van der Waals surface area contributed by atoms with E-state index in [0.717, 1.165) is 0 Å². The summed E-state index contributed by atoms with van der Waals surface area (Å²) in [6, 6.07) is 6.86. The minimum Gasteiger partial charge on any atom is -0.486 e. The molecule has 1 aromatic carbocycles. The molecule has 15 heavy (non-hydrogen) atoms. The predicted molar refractivity (Wildman–Crippen MR) is 58.4 cm³/mol. The molecule has 0 aliphatic rings. The third-order valence-corrected chi connectivity index (χ3v) is 1.93. The van der Waals surface area contributed by atoms with E-state index in [4.69, 9.17) is 21.1 Å². The van der Waals surface area contributed by atoms with Gasteiger partial charge in [-0.2, -0.15) is 0 Å². The third-order valence-electron chi connectivity index (χ3n) is 1.68. The van der Waals surface area contributed by atoms with E-state index < -0.39 is 0 Å². The second-order valence-electron chi connectivity index (χ2n) is 2.92. The monoisotopic (exact) mass is 228 g/mol. The Morgan fingerprint density at radius 2 is 1.93 bits per heavy atom. The van der Waals surface area contributed by atoms with Crippen molar-refractivity contribution in [1.29, 1.82) is 0 Å². The van der Waals surface area contributed by atoms with E-state index in [2.05, 4.69) is 0 Å². The molecule has 1 aromatic rings. The Morgan fingerprint density at radius 3 is 2.53 bits per heavy atom. The molecule has 0 N–H and O–H groups in total. The molecule has 0 saturated heterocycles. The summed E-state index contributed by atoms with van der Waals surface area (Å²) >= 11 is 5.70. The number of ether oxygens (including phenoxy) is 2. The first-order chi connectivity index (χ1) is 7.22. The van der Waals surface area contributed by atoms with Crippen LogP contribution in [0.4, 0.5) is 0 Å². The van der Waals surface area contributed by atoms with Gasteiger partial charge in [0.25, 0.3) is 0 Å². The van der Waals surface area contributed by atoms with Gasteiger partial charge in [-0.15, -0.1) is 0 Å². The first-order valence-corrected chi connectivity index (χ1v) is 5.08. The van der Waals surface area contributed by atoms with E-state index in [1.165, 1.54) is 0 Å². The van der Waals surface area contributed by atoms with Crippen LogP contribution in [-0.2, 0) is 9.53 Å². The number of ketones is 1. The van der Waals surface area contributed by atoms with Crippen LogP contribution < -0.4 is 4.74 Å². The molecule has 0 radical (unpaired) electrons. The van der Waals surface area contributed by atoms with E-state index in [0.29, 0.717) is 17.4 Å². The minimum atomic E-state index is -0.0770. The molecule has 0 amide bonds. The van der Waals surface area contributed by atoms with Crippen molar-refractivity contribution in [1.82, 2.24) is 0 Å². The maximum absolute atomic E-state index is 11.2. The standard InChI is InChI=1S/C11H13ClO3/c1-2-14-7-10(13)8-15-11-5-3-9(12)4-6-11/h3-6H,2,7-8H2,1H3. The quantitative estimate of drug-likeness (QED) is 0.750. The highest BCUT2D eigenvalue weighted by molar-refractivity contribution is 6.30. The SMILES string of the molecule is CCOCC(=O)COc1ccc(Cl)cc1. The van der Waals surface area contributed by atoms with Crippen molar-refractivity contribution in [2.45, 2.75) is 6.92 Å². The molecule has 0 aromatic heterocycles. The Kier molecular flexibility index (Phi) is 5.15. The van der Waals surface area contributed by atoms with Gasteiger partial charge < -0.3 is 9.47 Å². The van der Waals surface area contributed by atoms with Crippen LogP contribution in [0, 0.1) is 0 Å². The normalized spacial score (nSPS) is 10.0. The van der Waals surface area contributed by atoms with Crippen molar-refractivity contribution >= 4 is 17.4 Å². The molecular weight excluding hydrogens is 216 g/mol. The number of hydrogen-bond donors (Lipinski definition) is 0. The molecule has 0 atom stereocenters. The Labute approximate surface area is 93.9 Å². The maximum atomic E-state index is 11.2. The number of carbonyl (C=O) groups excluding carboxylic acids is 1. The lowest BCUT2D eigenvalue weighted by Gasteiger charge is -2.05. The van der Waals surface area contributed by atoms with Gasteiger partial charge in [0, 0.05) is 11.6 Å². The lowest BCUT2D eigenvalue weighted by molar-refractivity contribution is -0.125. The van der Waals surface area contributed by atoms with Gasteiger partial charge in [0.05, 0.1) is 0 Å². The van der Waals surface area contributed by atoms with Gasteiger partial charge in [-0.3, -0.25) is 4.79 Å². The highest BCUT2D eigenvalue weighted by Crippen LogP contribution is 2.15. The molecule has 4 heteroatoms. The number of hydrogen-bond acceptors (Lipinski definition) is 3. The summed E-state index contributed by atoms with van der Waals surface area (Å²) in [4.78, 5) is 11.2.